The van der Waals surface area contributed by atoms with Crippen molar-refractivity contribution in [3.63, 3.8) is 0 Å². The highest BCUT2D eigenvalue weighted by Gasteiger charge is 2.32. The minimum absolute atomic E-state index is 0. The number of nitrogens with two attached hydrogens (primary N) is 1. The summed E-state index contributed by atoms with van der Waals surface area (Å²) in [6, 6.07) is 12.2. The second-order valence-electron chi connectivity index (χ2n) is 5.82. The quantitative estimate of drug-likeness (QED) is 0.856. The maximum atomic E-state index is 12.9. The van der Waals surface area contributed by atoms with Gasteiger partial charge in [-0.2, -0.15) is 0 Å². The van der Waals surface area contributed by atoms with Gasteiger partial charge in [-0.1, -0.05) is 40.2 Å². The highest BCUT2D eigenvalue weighted by Crippen LogP contribution is 2.29. The molecule has 2 atom stereocenters. The summed E-state index contributed by atoms with van der Waals surface area (Å²) < 4.78 is 0.937. The van der Waals surface area contributed by atoms with E-state index in [2.05, 4.69) is 22.9 Å². The number of carbonyl (C=O) groups excluding carboxylic acids is 1. The van der Waals surface area contributed by atoms with Gasteiger partial charge in [0, 0.05) is 22.6 Å². The minimum atomic E-state index is 0. The van der Waals surface area contributed by atoms with Crippen molar-refractivity contribution in [2.24, 2.45) is 11.7 Å². The molecule has 0 spiro atoms. The van der Waals surface area contributed by atoms with Gasteiger partial charge in [-0.15, -0.1) is 12.4 Å². The number of carbonyl (C=O) groups is 1. The van der Waals surface area contributed by atoms with Gasteiger partial charge in [-0.3, -0.25) is 4.79 Å². The fourth-order valence-electron chi connectivity index (χ4n) is 3.20. The molecule has 2 unspecified atom stereocenters. The molecular formula is C17H20BrClN2O. The lowest BCUT2D eigenvalue weighted by atomic mass is 10.0. The van der Waals surface area contributed by atoms with E-state index in [0.717, 1.165) is 33.8 Å². The molecule has 1 heterocycles. The van der Waals surface area contributed by atoms with Crippen LogP contribution in [0, 0.1) is 5.92 Å². The number of nitrogens with zero attached hydrogens (tertiary/aromatic N) is 1. The van der Waals surface area contributed by atoms with Gasteiger partial charge in [-0.25, -0.2) is 0 Å². The molecule has 0 aromatic heterocycles. The van der Waals surface area contributed by atoms with Crippen LogP contribution < -0.4 is 5.73 Å². The Morgan fingerprint density at radius 1 is 1.36 bits per heavy atom. The van der Waals surface area contributed by atoms with Crippen molar-refractivity contribution in [1.29, 1.82) is 0 Å². The monoisotopic (exact) mass is 382 g/mol. The molecule has 2 aromatic rings. The van der Waals surface area contributed by atoms with Gasteiger partial charge in [-0.05, 0) is 48.7 Å². The van der Waals surface area contributed by atoms with Crippen LogP contribution in [-0.2, 0) is 0 Å². The van der Waals surface area contributed by atoms with Gasteiger partial charge < -0.3 is 10.6 Å². The summed E-state index contributed by atoms with van der Waals surface area (Å²) in [5.74, 6) is 0.526. The molecule has 1 aliphatic rings. The molecule has 1 fully saturated rings. The molecule has 0 saturated carbocycles. The van der Waals surface area contributed by atoms with Crippen LogP contribution in [-0.4, -0.2) is 29.9 Å². The van der Waals surface area contributed by atoms with E-state index in [4.69, 9.17) is 5.73 Å². The van der Waals surface area contributed by atoms with E-state index in [0.29, 0.717) is 12.5 Å². The third kappa shape index (κ3) is 3.14. The maximum absolute atomic E-state index is 12.9. The second kappa shape index (κ2) is 6.99. The summed E-state index contributed by atoms with van der Waals surface area (Å²) in [5, 5.41) is 2.09. The molecule has 0 radical (unpaired) electrons. The summed E-state index contributed by atoms with van der Waals surface area (Å²) in [6.45, 7) is 3.51. The molecule has 0 aliphatic carbocycles. The van der Waals surface area contributed by atoms with Crippen molar-refractivity contribution in [2.75, 3.05) is 13.1 Å². The zero-order valence-electron chi connectivity index (χ0n) is 12.5. The summed E-state index contributed by atoms with van der Waals surface area (Å²) >= 11 is 3.51. The lowest BCUT2D eigenvalue weighted by Crippen LogP contribution is -2.34. The molecule has 0 bridgehead atoms. The van der Waals surface area contributed by atoms with Crippen molar-refractivity contribution in [3.05, 3.63) is 46.4 Å². The first-order valence-corrected chi connectivity index (χ1v) is 8.08. The lowest BCUT2D eigenvalue weighted by molar-refractivity contribution is 0.0745. The topological polar surface area (TPSA) is 46.3 Å². The maximum Gasteiger partial charge on any atom is 0.254 e. The Morgan fingerprint density at radius 2 is 2.09 bits per heavy atom. The number of fused-ring (bicyclic) bond motifs is 1. The van der Waals surface area contributed by atoms with E-state index < -0.39 is 0 Å². The van der Waals surface area contributed by atoms with Crippen LogP contribution in [0.2, 0.25) is 0 Å². The number of rotatable bonds is 2. The van der Waals surface area contributed by atoms with E-state index >= 15 is 0 Å². The molecule has 3 rings (SSSR count). The Balaban J connectivity index is 0.00000176. The molecule has 2 N–H and O–H groups in total. The van der Waals surface area contributed by atoms with Crippen LogP contribution >= 0.6 is 28.3 Å². The van der Waals surface area contributed by atoms with Crippen molar-refractivity contribution < 1.29 is 4.79 Å². The molecule has 1 aliphatic heterocycles. The highest BCUT2D eigenvalue weighted by atomic mass is 79.9. The van der Waals surface area contributed by atoms with E-state index in [9.17, 15) is 4.79 Å². The Kier molecular flexibility index (Phi) is 5.48. The van der Waals surface area contributed by atoms with E-state index in [1.165, 1.54) is 0 Å². The smallest absolute Gasteiger partial charge is 0.254 e. The van der Waals surface area contributed by atoms with Gasteiger partial charge in [0.1, 0.15) is 0 Å². The van der Waals surface area contributed by atoms with E-state index in [-0.39, 0.29) is 24.4 Å². The van der Waals surface area contributed by atoms with E-state index in [1.54, 1.807) is 0 Å². The normalized spacial score (nSPS) is 21.0. The summed E-state index contributed by atoms with van der Waals surface area (Å²) in [7, 11) is 0. The Bertz CT molecular complexity index is 691. The zero-order chi connectivity index (χ0) is 15.0. The first-order valence-electron chi connectivity index (χ1n) is 7.29. The molecular weight excluding hydrogens is 364 g/mol. The number of hydrogen-bond acceptors (Lipinski definition) is 2. The molecule has 118 valence electrons. The zero-order valence-corrected chi connectivity index (χ0v) is 14.9. The fourth-order valence-corrected chi connectivity index (χ4v) is 3.68. The first kappa shape index (κ1) is 17.3. The number of likely N-dealkylation sites (tertiary alicyclic amines) is 1. The molecule has 1 amide bonds. The first-order chi connectivity index (χ1) is 10.1. The van der Waals surface area contributed by atoms with Crippen molar-refractivity contribution in [2.45, 2.75) is 19.4 Å². The van der Waals surface area contributed by atoms with Gasteiger partial charge in [0.15, 0.2) is 0 Å². The van der Waals surface area contributed by atoms with Crippen LogP contribution in [0.15, 0.2) is 40.9 Å². The Morgan fingerprint density at radius 3 is 2.77 bits per heavy atom. The predicted molar refractivity (Wildman–Crippen MR) is 96.6 cm³/mol. The average molecular weight is 384 g/mol. The summed E-state index contributed by atoms with van der Waals surface area (Å²) in [6.07, 6.45) is 0.994. The van der Waals surface area contributed by atoms with Crippen LogP contribution in [0.1, 0.15) is 23.7 Å². The third-order valence-corrected chi connectivity index (χ3v) is 4.77. The van der Waals surface area contributed by atoms with Crippen LogP contribution in [0.3, 0.4) is 0 Å². The van der Waals surface area contributed by atoms with Crippen LogP contribution in [0.25, 0.3) is 10.8 Å². The van der Waals surface area contributed by atoms with Crippen LogP contribution in [0.4, 0.5) is 0 Å². The van der Waals surface area contributed by atoms with Crippen molar-refractivity contribution in [3.8, 4) is 0 Å². The van der Waals surface area contributed by atoms with Gasteiger partial charge >= 0.3 is 0 Å². The van der Waals surface area contributed by atoms with E-state index in [1.807, 2.05) is 41.3 Å². The third-order valence-electron chi connectivity index (χ3n) is 4.31. The highest BCUT2D eigenvalue weighted by molar-refractivity contribution is 9.10. The van der Waals surface area contributed by atoms with Crippen molar-refractivity contribution in [1.82, 2.24) is 4.90 Å². The summed E-state index contributed by atoms with van der Waals surface area (Å²) in [5.41, 5.74) is 6.53. The molecule has 3 nitrogen and oxygen atoms in total. The van der Waals surface area contributed by atoms with Crippen LogP contribution in [0.5, 0.6) is 0 Å². The second-order valence-corrected chi connectivity index (χ2v) is 6.73. The van der Waals surface area contributed by atoms with Crippen molar-refractivity contribution >= 4 is 45.0 Å². The minimum Gasteiger partial charge on any atom is -0.336 e. The number of hydrogen-bond donors (Lipinski definition) is 1. The number of halogens is 2. The molecule has 1 saturated heterocycles. The Labute approximate surface area is 145 Å². The van der Waals surface area contributed by atoms with Gasteiger partial charge in [0.25, 0.3) is 5.91 Å². The SMILES string of the molecule is CC1CC(CN)CN1C(=O)c1cc(Br)cc2ccccc12.Cl. The lowest BCUT2D eigenvalue weighted by Gasteiger charge is -2.22. The van der Waals surface area contributed by atoms with Gasteiger partial charge in [0.05, 0.1) is 0 Å². The fraction of sp³-hybridized carbons (Fsp3) is 0.353. The average Bonchev–Trinajstić information content (AvgIpc) is 2.86. The molecule has 2 aromatic carbocycles. The predicted octanol–water partition coefficient (Wildman–Crippen LogP) is 3.83. The number of amides is 1. The number of benzene rings is 2. The Hall–Kier alpha value is -1.10. The largest absolute Gasteiger partial charge is 0.336 e. The molecule has 22 heavy (non-hydrogen) atoms. The van der Waals surface area contributed by atoms with Gasteiger partial charge in [0.2, 0.25) is 0 Å². The summed E-state index contributed by atoms with van der Waals surface area (Å²) in [4.78, 5) is 14.9. The molecule has 5 heteroatoms. The standard InChI is InChI=1S/C17H19BrN2O.ClH/c1-11-6-12(9-19)10-20(11)17(21)16-8-14(18)7-13-4-2-3-5-15(13)16;/h2-5,7-8,11-12H,6,9-10,19H2,1H3;1H.